The van der Waals surface area contributed by atoms with Crippen LogP contribution in [0, 0.1) is 0 Å². The molecule has 0 radical (unpaired) electrons. The maximum absolute atomic E-state index is 14.0. The van der Waals surface area contributed by atoms with Crippen LogP contribution in [0.2, 0.25) is 5.02 Å². The molecule has 5 aromatic rings. The number of azo groups is 1. The van der Waals surface area contributed by atoms with E-state index in [2.05, 4.69) is 15.5 Å². The number of ether oxygens (including phenoxy) is 3. The Balaban J connectivity index is 1.57. The van der Waals surface area contributed by atoms with Crippen LogP contribution in [0.15, 0.2) is 92.8 Å². The van der Waals surface area contributed by atoms with Gasteiger partial charge in [-0.3, -0.25) is 23.8 Å². The van der Waals surface area contributed by atoms with Crippen LogP contribution in [0.5, 0.6) is 23.0 Å². The monoisotopic (exact) mass is 865 g/mol. The van der Waals surface area contributed by atoms with Gasteiger partial charge in [0.2, 0.25) is 10.0 Å². The zero-order valence-electron chi connectivity index (χ0n) is 32.0. The molecule has 308 valence electrons. The summed E-state index contributed by atoms with van der Waals surface area (Å²) in [5, 5.41) is 22.9. The molecule has 3 N–H and O–H groups in total. The Labute approximate surface area is 343 Å². The highest BCUT2D eigenvalue weighted by molar-refractivity contribution is 7.89. The van der Waals surface area contributed by atoms with E-state index in [4.69, 9.17) is 25.8 Å². The summed E-state index contributed by atoms with van der Waals surface area (Å²) >= 11 is 6.31. The number of benzene rings is 5. The molecule has 5 aromatic carbocycles. The van der Waals surface area contributed by atoms with E-state index in [0.717, 1.165) is 17.0 Å². The number of phenolic OH excluding ortho intramolecular Hbond substituents is 1. The second-order valence-electron chi connectivity index (χ2n) is 12.8. The summed E-state index contributed by atoms with van der Waals surface area (Å²) in [6.45, 7) is 3.07. The third-order valence-electron chi connectivity index (χ3n) is 9.47. The maximum atomic E-state index is 14.0. The number of carbonyl (C=O) groups excluding carboxylic acids is 3. The van der Waals surface area contributed by atoms with Gasteiger partial charge in [-0.1, -0.05) is 37.6 Å². The van der Waals surface area contributed by atoms with Gasteiger partial charge in [-0.2, -0.15) is 12.7 Å². The summed E-state index contributed by atoms with van der Waals surface area (Å²) in [7, 11) is -5.05. The molecule has 0 bridgehead atoms. The number of hydrogen-bond donors (Lipinski definition) is 3. The number of anilines is 1. The van der Waals surface area contributed by atoms with Crippen LogP contribution in [-0.2, 0) is 26.7 Å². The van der Waals surface area contributed by atoms with Crippen molar-refractivity contribution in [1.29, 1.82) is 0 Å². The van der Waals surface area contributed by atoms with Crippen molar-refractivity contribution >= 4 is 77.3 Å². The molecule has 0 unspecified atom stereocenters. The lowest BCUT2D eigenvalue weighted by Crippen LogP contribution is -2.30. The first kappa shape index (κ1) is 42.5. The van der Waals surface area contributed by atoms with Gasteiger partial charge in [0.1, 0.15) is 28.6 Å². The minimum absolute atomic E-state index is 0.0526. The fourth-order valence-corrected chi connectivity index (χ4v) is 8.96. The molecule has 6 rings (SSSR count). The van der Waals surface area contributed by atoms with Crippen molar-refractivity contribution in [2.75, 3.05) is 39.7 Å². The average Bonchev–Trinajstić information content (AvgIpc) is 3.44. The minimum atomic E-state index is -5.08. The largest absolute Gasteiger partial charge is 0.505 e. The van der Waals surface area contributed by atoms with Crippen LogP contribution in [0.25, 0.3) is 10.8 Å². The molecule has 0 saturated heterocycles. The zero-order valence-corrected chi connectivity index (χ0v) is 34.4. The number of nitrogens with one attached hydrogen (secondary N) is 1. The highest BCUT2D eigenvalue weighted by Crippen LogP contribution is 2.44. The molecule has 1 aliphatic rings. The van der Waals surface area contributed by atoms with E-state index in [-0.39, 0.29) is 79.1 Å². The van der Waals surface area contributed by atoms with Gasteiger partial charge in [-0.25, -0.2) is 8.42 Å². The lowest BCUT2D eigenvalue weighted by Gasteiger charge is -2.19. The Bertz CT molecular complexity index is 2780. The Morgan fingerprint density at radius 2 is 1.46 bits per heavy atom. The normalized spacial score (nSPS) is 13.1. The van der Waals surface area contributed by atoms with Gasteiger partial charge in [-0.15, -0.1) is 10.2 Å². The van der Waals surface area contributed by atoms with Crippen molar-refractivity contribution in [3.63, 3.8) is 0 Å². The van der Waals surface area contributed by atoms with Crippen molar-refractivity contribution in [2.24, 2.45) is 10.2 Å². The molecule has 0 fully saturated rings. The summed E-state index contributed by atoms with van der Waals surface area (Å²) in [5.41, 5.74) is -1.05. The number of amides is 3. The number of hydrogen-bond acceptors (Lipinski definition) is 13. The molecule has 59 heavy (non-hydrogen) atoms. The van der Waals surface area contributed by atoms with Gasteiger partial charge in [0.25, 0.3) is 27.8 Å². The molecule has 1 aliphatic heterocycles. The molecule has 0 atom stereocenters. The van der Waals surface area contributed by atoms with E-state index < -0.39 is 66.3 Å². The second-order valence-corrected chi connectivity index (χ2v) is 16.5. The fourth-order valence-electron chi connectivity index (χ4n) is 6.51. The SMILES string of the molecule is CCN(CC)S(=O)(=O)c1ccc(OC)c(N=Nc2c(O)c(C(=O)Nc3cc(Cl)c(OC)cc3OC)cc3cc(S(=O)(=O)O)c(CN4C(=O)c5ccccc5C4=O)cc23)c1. The molecule has 20 heteroatoms. The molecule has 0 saturated carbocycles. The number of halogens is 1. The number of fused-ring (bicyclic) bond motifs is 2. The molecule has 3 amide bonds. The smallest absolute Gasteiger partial charge is 0.294 e. The lowest BCUT2D eigenvalue weighted by atomic mass is 10.00. The molecule has 0 spiro atoms. The van der Waals surface area contributed by atoms with Crippen LogP contribution in [0.1, 0.15) is 50.5 Å². The van der Waals surface area contributed by atoms with Crippen molar-refractivity contribution < 1.29 is 55.1 Å². The van der Waals surface area contributed by atoms with Crippen LogP contribution in [0.3, 0.4) is 0 Å². The third kappa shape index (κ3) is 8.02. The average molecular weight is 866 g/mol. The topological polar surface area (TPSA) is 231 Å². The predicted octanol–water partition coefficient (Wildman–Crippen LogP) is 6.97. The Morgan fingerprint density at radius 1 is 0.831 bits per heavy atom. The summed E-state index contributed by atoms with van der Waals surface area (Å²) in [5.74, 6) is -2.75. The van der Waals surface area contributed by atoms with Crippen molar-refractivity contribution in [3.05, 3.63) is 100 Å². The lowest BCUT2D eigenvalue weighted by molar-refractivity contribution is 0.0640. The van der Waals surface area contributed by atoms with E-state index >= 15 is 0 Å². The van der Waals surface area contributed by atoms with Gasteiger partial charge in [0.15, 0.2) is 5.75 Å². The Hall–Kier alpha value is -6.12. The summed E-state index contributed by atoms with van der Waals surface area (Å²) in [6.07, 6.45) is 0. The standard InChI is InChI=1S/C39H36ClN5O12S2/c1-6-44(7-2)58(50,51)23-12-13-31(55-3)30(17-23)42-43-35-26-15-22(20-45-38(48)24-10-8-9-11-25(24)39(45)49)34(59(52,53)54)16-21(26)14-27(36(35)46)37(47)41-29-18-28(40)32(56-4)19-33(29)57-5/h8-19,46H,6-7,20H2,1-5H3,(H,41,47)(H,52,53,54). The van der Waals surface area contributed by atoms with Crippen LogP contribution in [0.4, 0.5) is 17.1 Å². The number of sulfonamides is 1. The summed E-state index contributed by atoms with van der Waals surface area (Å²) in [4.78, 5) is 40.5. The van der Waals surface area contributed by atoms with Gasteiger partial charge in [0.05, 0.1) is 65.1 Å². The number of methoxy groups -OCH3 is 3. The highest BCUT2D eigenvalue weighted by atomic mass is 35.5. The molecule has 0 aliphatic carbocycles. The third-order valence-corrected chi connectivity index (χ3v) is 12.7. The molecule has 1 heterocycles. The van der Waals surface area contributed by atoms with Crippen molar-refractivity contribution in [2.45, 2.75) is 30.2 Å². The number of imide groups is 1. The van der Waals surface area contributed by atoms with E-state index in [9.17, 15) is 40.9 Å². The highest BCUT2D eigenvalue weighted by Gasteiger charge is 2.36. The molecular weight excluding hydrogens is 830 g/mol. The number of rotatable bonds is 14. The van der Waals surface area contributed by atoms with E-state index in [1.807, 2.05) is 0 Å². The first-order valence-corrected chi connectivity index (χ1v) is 20.8. The van der Waals surface area contributed by atoms with E-state index in [1.165, 1.54) is 74.2 Å². The zero-order chi connectivity index (χ0) is 43.0. The summed E-state index contributed by atoms with van der Waals surface area (Å²) < 4.78 is 80.3. The number of aromatic hydroxyl groups is 1. The second kappa shape index (κ2) is 16.6. The first-order chi connectivity index (χ1) is 28.0. The Morgan fingerprint density at radius 3 is 2.03 bits per heavy atom. The van der Waals surface area contributed by atoms with Crippen molar-refractivity contribution in [3.8, 4) is 23.0 Å². The van der Waals surface area contributed by atoms with Gasteiger partial charge >= 0.3 is 0 Å². The van der Waals surface area contributed by atoms with Gasteiger partial charge in [0, 0.05) is 24.5 Å². The number of phenols is 1. The van der Waals surface area contributed by atoms with Gasteiger partial charge in [-0.05, 0) is 65.5 Å². The maximum Gasteiger partial charge on any atom is 0.294 e. The Kier molecular flexibility index (Phi) is 12.0. The van der Waals surface area contributed by atoms with Gasteiger partial charge < -0.3 is 24.6 Å². The van der Waals surface area contributed by atoms with Crippen LogP contribution in [-0.4, -0.2) is 87.8 Å². The minimum Gasteiger partial charge on any atom is -0.505 e. The molecule has 0 aromatic heterocycles. The van der Waals surface area contributed by atoms with E-state index in [1.54, 1.807) is 26.0 Å². The quantitative estimate of drug-likeness (QED) is 0.0584. The van der Waals surface area contributed by atoms with E-state index in [0.29, 0.717) is 0 Å². The first-order valence-electron chi connectivity index (χ1n) is 17.6. The van der Waals surface area contributed by atoms with Crippen molar-refractivity contribution in [1.82, 2.24) is 9.21 Å². The fraction of sp³-hybridized carbons (Fsp3) is 0.205. The number of nitrogens with zero attached hydrogens (tertiary/aromatic N) is 4. The summed E-state index contributed by atoms with van der Waals surface area (Å²) in [6, 6.07) is 15.9. The molecule has 17 nitrogen and oxygen atoms in total. The van der Waals surface area contributed by atoms with Crippen LogP contribution < -0.4 is 19.5 Å². The number of carbonyl (C=O) groups is 3. The van der Waals surface area contributed by atoms with Crippen LogP contribution >= 0.6 is 11.6 Å². The molecular formula is C39H36ClN5O12S2. The predicted molar refractivity (Wildman–Crippen MR) is 216 cm³/mol.